The highest BCUT2D eigenvalue weighted by molar-refractivity contribution is 9.10. The van der Waals surface area contributed by atoms with Gasteiger partial charge in [0.1, 0.15) is 0 Å². The SMILES string of the molecule is CCCCCCCCc1ccc2c(c1)[nH]c1ccc(Br)cc12. The Morgan fingerprint density at radius 1 is 0.818 bits per heavy atom. The maximum atomic E-state index is 3.56. The zero-order valence-corrected chi connectivity index (χ0v) is 14.9. The lowest BCUT2D eigenvalue weighted by atomic mass is 10.0. The van der Waals surface area contributed by atoms with Crippen LogP contribution in [0.15, 0.2) is 40.9 Å². The summed E-state index contributed by atoms with van der Waals surface area (Å²) in [6.07, 6.45) is 9.35. The fourth-order valence-electron chi connectivity index (χ4n) is 3.19. The van der Waals surface area contributed by atoms with Crippen molar-refractivity contribution in [3.05, 3.63) is 46.4 Å². The quantitative estimate of drug-likeness (QED) is 0.438. The highest BCUT2D eigenvalue weighted by atomic mass is 79.9. The van der Waals surface area contributed by atoms with Gasteiger partial charge in [0.25, 0.3) is 0 Å². The second-order valence-corrected chi connectivity index (χ2v) is 7.13. The topological polar surface area (TPSA) is 15.8 Å². The summed E-state index contributed by atoms with van der Waals surface area (Å²) >= 11 is 3.56. The standard InChI is InChI=1S/C20H24BrN/c1-2-3-4-5-6-7-8-15-9-11-17-18-14-16(21)10-12-19(18)22-20(17)13-15/h9-14,22H,2-8H2,1H3. The highest BCUT2D eigenvalue weighted by Crippen LogP contribution is 2.28. The number of hydrogen-bond donors (Lipinski definition) is 1. The molecule has 0 aliphatic heterocycles. The number of halogens is 1. The molecule has 22 heavy (non-hydrogen) atoms. The molecule has 116 valence electrons. The molecule has 0 bridgehead atoms. The van der Waals surface area contributed by atoms with Crippen LogP contribution in [0.3, 0.4) is 0 Å². The summed E-state index contributed by atoms with van der Waals surface area (Å²) in [6, 6.07) is 13.3. The van der Waals surface area contributed by atoms with Crippen molar-refractivity contribution in [1.82, 2.24) is 4.98 Å². The molecule has 0 unspecified atom stereocenters. The van der Waals surface area contributed by atoms with Gasteiger partial charge in [-0.15, -0.1) is 0 Å². The van der Waals surface area contributed by atoms with Gasteiger partial charge in [0.05, 0.1) is 0 Å². The number of rotatable bonds is 7. The Kier molecular flexibility index (Phi) is 5.20. The average Bonchev–Trinajstić information content (AvgIpc) is 2.88. The molecular formula is C20H24BrN. The van der Waals surface area contributed by atoms with Gasteiger partial charge in [0.2, 0.25) is 0 Å². The molecule has 0 saturated heterocycles. The van der Waals surface area contributed by atoms with Crippen LogP contribution in [-0.2, 0) is 6.42 Å². The third-order valence-corrected chi connectivity index (χ3v) is 4.94. The van der Waals surface area contributed by atoms with E-state index < -0.39 is 0 Å². The van der Waals surface area contributed by atoms with Gasteiger partial charge in [-0.25, -0.2) is 0 Å². The molecule has 3 aromatic rings. The summed E-state index contributed by atoms with van der Waals surface area (Å²) in [7, 11) is 0. The molecule has 2 heteroatoms. The maximum Gasteiger partial charge on any atom is 0.0467 e. The number of benzene rings is 2. The van der Waals surface area contributed by atoms with Crippen molar-refractivity contribution >= 4 is 37.7 Å². The number of unbranched alkanes of at least 4 members (excludes halogenated alkanes) is 5. The highest BCUT2D eigenvalue weighted by Gasteiger charge is 2.05. The van der Waals surface area contributed by atoms with E-state index in [9.17, 15) is 0 Å². The third-order valence-electron chi connectivity index (χ3n) is 4.44. The van der Waals surface area contributed by atoms with Gasteiger partial charge in [-0.05, 0) is 42.7 Å². The van der Waals surface area contributed by atoms with E-state index in [1.165, 1.54) is 72.3 Å². The largest absolute Gasteiger partial charge is 0.355 e. The second kappa shape index (κ2) is 7.32. The molecular weight excluding hydrogens is 334 g/mol. The van der Waals surface area contributed by atoms with Crippen LogP contribution in [0.25, 0.3) is 21.8 Å². The monoisotopic (exact) mass is 357 g/mol. The lowest BCUT2D eigenvalue weighted by molar-refractivity contribution is 0.607. The molecule has 1 nitrogen and oxygen atoms in total. The predicted octanol–water partition coefficient (Wildman–Crippen LogP) is 6.99. The molecule has 0 saturated carbocycles. The summed E-state index contributed by atoms with van der Waals surface area (Å²) < 4.78 is 1.14. The first-order valence-electron chi connectivity index (χ1n) is 8.48. The van der Waals surface area contributed by atoms with Gasteiger partial charge >= 0.3 is 0 Å². The van der Waals surface area contributed by atoms with Gasteiger partial charge in [0.15, 0.2) is 0 Å². The number of aromatic amines is 1. The maximum absolute atomic E-state index is 3.56. The van der Waals surface area contributed by atoms with Crippen molar-refractivity contribution in [2.75, 3.05) is 0 Å². The summed E-state index contributed by atoms with van der Waals surface area (Å²) in [5.41, 5.74) is 3.93. The fraction of sp³-hybridized carbons (Fsp3) is 0.400. The Bertz CT molecular complexity index is 757. The molecule has 1 aromatic heterocycles. The van der Waals surface area contributed by atoms with Crippen molar-refractivity contribution in [3.8, 4) is 0 Å². The number of aryl methyl sites for hydroxylation is 1. The smallest absolute Gasteiger partial charge is 0.0467 e. The van der Waals surface area contributed by atoms with E-state index in [2.05, 4.69) is 64.2 Å². The molecule has 0 atom stereocenters. The van der Waals surface area contributed by atoms with E-state index in [0.29, 0.717) is 0 Å². The minimum atomic E-state index is 1.14. The average molecular weight is 358 g/mol. The van der Waals surface area contributed by atoms with Crippen LogP contribution < -0.4 is 0 Å². The number of nitrogens with one attached hydrogen (secondary N) is 1. The van der Waals surface area contributed by atoms with Crippen LogP contribution in [0.1, 0.15) is 51.0 Å². The second-order valence-electron chi connectivity index (χ2n) is 6.21. The molecule has 0 radical (unpaired) electrons. The Morgan fingerprint density at radius 2 is 1.64 bits per heavy atom. The molecule has 0 aliphatic carbocycles. The van der Waals surface area contributed by atoms with Crippen molar-refractivity contribution in [3.63, 3.8) is 0 Å². The Labute approximate surface area is 141 Å². The fourth-order valence-corrected chi connectivity index (χ4v) is 3.55. The minimum Gasteiger partial charge on any atom is -0.355 e. The van der Waals surface area contributed by atoms with E-state index in [4.69, 9.17) is 0 Å². The lowest BCUT2D eigenvalue weighted by Gasteiger charge is -2.02. The number of aromatic nitrogens is 1. The normalized spacial score (nSPS) is 11.5. The van der Waals surface area contributed by atoms with Gasteiger partial charge in [0, 0.05) is 26.3 Å². The minimum absolute atomic E-state index is 1.14. The molecule has 1 N–H and O–H groups in total. The summed E-state index contributed by atoms with van der Waals surface area (Å²) in [6.45, 7) is 2.27. The van der Waals surface area contributed by atoms with Gasteiger partial charge in [-0.1, -0.05) is 67.1 Å². The molecule has 0 fully saturated rings. The van der Waals surface area contributed by atoms with Crippen LogP contribution in [0.2, 0.25) is 0 Å². The molecule has 0 spiro atoms. The Morgan fingerprint density at radius 3 is 2.50 bits per heavy atom. The first-order valence-corrected chi connectivity index (χ1v) is 9.27. The number of H-pyrrole nitrogens is 1. The molecule has 2 aromatic carbocycles. The molecule has 1 heterocycles. The Hall–Kier alpha value is -1.28. The van der Waals surface area contributed by atoms with Gasteiger partial charge < -0.3 is 4.98 Å². The number of hydrogen-bond acceptors (Lipinski definition) is 0. The van der Waals surface area contributed by atoms with Crippen molar-refractivity contribution in [1.29, 1.82) is 0 Å². The van der Waals surface area contributed by atoms with Crippen LogP contribution in [0.5, 0.6) is 0 Å². The predicted molar refractivity (Wildman–Crippen MR) is 101 cm³/mol. The summed E-state index contributed by atoms with van der Waals surface area (Å²) in [5, 5.41) is 2.62. The van der Waals surface area contributed by atoms with Crippen LogP contribution >= 0.6 is 15.9 Å². The van der Waals surface area contributed by atoms with Crippen LogP contribution in [0, 0.1) is 0 Å². The van der Waals surface area contributed by atoms with Crippen LogP contribution in [0.4, 0.5) is 0 Å². The van der Waals surface area contributed by atoms with E-state index in [0.717, 1.165) is 4.47 Å². The molecule has 0 amide bonds. The third kappa shape index (κ3) is 3.55. The zero-order valence-electron chi connectivity index (χ0n) is 13.3. The first-order chi connectivity index (χ1) is 10.8. The van der Waals surface area contributed by atoms with Crippen molar-refractivity contribution in [2.45, 2.75) is 51.9 Å². The number of fused-ring (bicyclic) bond motifs is 3. The Balaban J connectivity index is 1.69. The van der Waals surface area contributed by atoms with E-state index in [1.54, 1.807) is 0 Å². The first kappa shape index (κ1) is 15.6. The van der Waals surface area contributed by atoms with Crippen LogP contribution in [-0.4, -0.2) is 4.98 Å². The summed E-state index contributed by atoms with van der Waals surface area (Å²) in [5.74, 6) is 0. The van der Waals surface area contributed by atoms with Crippen molar-refractivity contribution < 1.29 is 0 Å². The van der Waals surface area contributed by atoms with E-state index in [-0.39, 0.29) is 0 Å². The lowest BCUT2D eigenvalue weighted by Crippen LogP contribution is -1.86. The van der Waals surface area contributed by atoms with Gasteiger partial charge in [-0.2, -0.15) is 0 Å². The zero-order chi connectivity index (χ0) is 15.4. The van der Waals surface area contributed by atoms with E-state index in [1.807, 2.05) is 0 Å². The van der Waals surface area contributed by atoms with E-state index >= 15 is 0 Å². The van der Waals surface area contributed by atoms with Crippen molar-refractivity contribution in [2.24, 2.45) is 0 Å². The molecule has 3 rings (SSSR count). The summed E-state index contributed by atoms with van der Waals surface area (Å²) in [4.78, 5) is 3.54. The molecule has 0 aliphatic rings. The van der Waals surface area contributed by atoms with Gasteiger partial charge in [-0.3, -0.25) is 0 Å².